The number of imidazole rings is 1. The molecule has 0 aliphatic rings. The number of rotatable bonds is 3. The van der Waals surface area contributed by atoms with Crippen LogP contribution in [0.3, 0.4) is 0 Å². The van der Waals surface area contributed by atoms with Gasteiger partial charge >= 0.3 is 0 Å². The second kappa shape index (κ2) is 5.91. The highest BCUT2D eigenvalue weighted by molar-refractivity contribution is 5.78. The molecule has 4 heteroatoms. The number of nitrogens with two attached hydrogens (primary N) is 1. The maximum atomic E-state index is 13.2. The SMILES string of the molecule is NC(c1ccc(F)cc1)c1nc2ccccc2n1-c1ccccc1. The van der Waals surface area contributed by atoms with Crippen LogP contribution in [0.2, 0.25) is 0 Å². The van der Waals surface area contributed by atoms with E-state index in [1.54, 1.807) is 12.1 Å². The lowest BCUT2D eigenvalue weighted by atomic mass is 10.1. The first-order chi connectivity index (χ1) is 11.7. The standard InChI is InChI=1S/C20H16FN3/c21-15-12-10-14(11-13-15)19(22)20-23-17-8-4-5-9-18(17)24(20)16-6-2-1-3-7-16/h1-13,19H,22H2. The van der Waals surface area contributed by atoms with Gasteiger partial charge in [0.15, 0.2) is 0 Å². The van der Waals surface area contributed by atoms with Crippen LogP contribution in [0.15, 0.2) is 78.9 Å². The molecule has 3 nitrogen and oxygen atoms in total. The summed E-state index contributed by atoms with van der Waals surface area (Å²) < 4.78 is 15.3. The molecule has 0 aliphatic carbocycles. The zero-order valence-electron chi connectivity index (χ0n) is 12.9. The van der Waals surface area contributed by atoms with Crippen LogP contribution >= 0.6 is 0 Å². The van der Waals surface area contributed by atoms with Crippen LogP contribution in [0.25, 0.3) is 16.7 Å². The maximum Gasteiger partial charge on any atom is 0.136 e. The van der Waals surface area contributed by atoms with E-state index in [-0.39, 0.29) is 5.82 Å². The lowest BCUT2D eigenvalue weighted by Crippen LogP contribution is -2.17. The van der Waals surface area contributed by atoms with E-state index in [1.165, 1.54) is 12.1 Å². The molecule has 118 valence electrons. The van der Waals surface area contributed by atoms with Crippen LogP contribution in [0.1, 0.15) is 17.4 Å². The molecular formula is C20H16FN3. The van der Waals surface area contributed by atoms with Crippen molar-refractivity contribution in [3.05, 3.63) is 96.1 Å². The van der Waals surface area contributed by atoms with Gasteiger partial charge in [-0.2, -0.15) is 0 Å². The molecule has 4 aromatic rings. The largest absolute Gasteiger partial charge is 0.318 e. The van der Waals surface area contributed by atoms with Gasteiger partial charge in [-0.25, -0.2) is 9.37 Å². The summed E-state index contributed by atoms with van der Waals surface area (Å²) in [5, 5.41) is 0. The van der Waals surface area contributed by atoms with E-state index < -0.39 is 6.04 Å². The Hall–Kier alpha value is -2.98. The van der Waals surface area contributed by atoms with Crippen LogP contribution in [0, 0.1) is 5.82 Å². The van der Waals surface area contributed by atoms with Gasteiger partial charge in [0.25, 0.3) is 0 Å². The highest BCUT2D eigenvalue weighted by Gasteiger charge is 2.19. The van der Waals surface area contributed by atoms with Crippen molar-refractivity contribution in [2.45, 2.75) is 6.04 Å². The van der Waals surface area contributed by atoms with Crippen molar-refractivity contribution >= 4 is 11.0 Å². The molecule has 0 saturated carbocycles. The van der Waals surface area contributed by atoms with E-state index in [4.69, 9.17) is 10.7 Å². The van der Waals surface area contributed by atoms with Gasteiger partial charge in [-0.1, -0.05) is 42.5 Å². The topological polar surface area (TPSA) is 43.8 Å². The van der Waals surface area contributed by atoms with E-state index in [0.29, 0.717) is 0 Å². The van der Waals surface area contributed by atoms with E-state index in [1.807, 2.05) is 54.6 Å². The molecular weight excluding hydrogens is 301 g/mol. The number of halogens is 1. The lowest BCUT2D eigenvalue weighted by molar-refractivity contribution is 0.625. The van der Waals surface area contributed by atoms with Crippen molar-refractivity contribution in [1.29, 1.82) is 0 Å². The summed E-state index contributed by atoms with van der Waals surface area (Å²) in [5.74, 6) is 0.455. The lowest BCUT2D eigenvalue weighted by Gasteiger charge is -2.15. The Labute approximate surface area is 139 Å². The Bertz CT molecular complexity index is 975. The molecule has 0 aliphatic heterocycles. The van der Waals surface area contributed by atoms with Gasteiger partial charge in [-0.05, 0) is 42.0 Å². The number of aromatic nitrogens is 2. The molecule has 24 heavy (non-hydrogen) atoms. The highest BCUT2D eigenvalue weighted by Crippen LogP contribution is 2.27. The minimum absolute atomic E-state index is 0.275. The van der Waals surface area contributed by atoms with Crippen molar-refractivity contribution in [2.24, 2.45) is 5.73 Å². The number of para-hydroxylation sites is 3. The van der Waals surface area contributed by atoms with Crippen LogP contribution in [0.5, 0.6) is 0 Å². The van der Waals surface area contributed by atoms with E-state index >= 15 is 0 Å². The van der Waals surface area contributed by atoms with E-state index in [2.05, 4.69) is 4.57 Å². The first-order valence-corrected chi connectivity index (χ1v) is 7.78. The molecule has 1 aromatic heterocycles. The summed E-state index contributed by atoms with van der Waals surface area (Å²) in [6, 6.07) is 23.7. The van der Waals surface area contributed by atoms with Crippen LogP contribution in [-0.2, 0) is 0 Å². The molecule has 4 rings (SSSR count). The van der Waals surface area contributed by atoms with Crippen molar-refractivity contribution < 1.29 is 4.39 Å². The minimum Gasteiger partial charge on any atom is -0.318 e. The minimum atomic E-state index is -0.446. The Morgan fingerprint density at radius 2 is 1.50 bits per heavy atom. The Morgan fingerprint density at radius 3 is 2.25 bits per heavy atom. The predicted octanol–water partition coefficient (Wildman–Crippen LogP) is 4.21. The fraction of sp³-hybridized carbons (Fsp3) is 0.0500. The first kappa shape index (κ1) is 14.6. The molecule has 0 saturated heterocycles. The molecule has 1 atom stereocenters. The summed E-state index contributed by atoms with van der Waals surface area (Å²) in [6.07, 6.45) is 0. The van der Waals surface area contributed by atoms with Gasteiger partial charge in [-0.3, -0.25) is 4.57 Å². The van der Waals surface area contributed by atoms with Crippen molar-refractivity contribution in [1.82, 2.24) is 9.55 Å². The monoisotopic (exact) mass is 317 g/mol. The highest BCUT2D eigenvalue weighted by atomic mass is 19.1. The number of fused-ring (bicyclic) bond motifs is 1. The number of nitrogens with zero attached hydrogens (tertiary/aromatic N) is 2. The summed E-state index contributed by atoms with van der Waals surface area (Å²) in [5.41, 5.74) is 10.2. The van der Waals surface area contributed by atoms with E-state index in [0.717, 1.165) is 28.1 Å². The molecule has 1 unspecified atom stereocenters. The molecule has 3 aromatic carbocycles. The zero-order chi connectivity index (χ0) is 16.5. The molecule has 0 amide bonds. The molecule has 0 fully saturated rings. The van der Waals surface area contributed by atoms with Crippen LogP contribution < -0.4 is 5.73 Å². The third-order valence-corrected chi connectivity index (χ3v) is 4.11. The summed E-state index contributed by atoms with van der Waals surface area (Å²) in [6.45, 7) is 0. The van der Waals surface area contributed by atoms with Gasteiger partial charge in [0.1, 0.15) is 11.6 Å². The van der Waals surface area contributed by atoms with E-state index in [9.17, 15) is 4.39 Å². The summed E-state index contributed by atoms with van der Waals surface area (Å²) in [4.78, 5) is 4.73. The third-order valence-electron chi connectivity index (χ3n) is 4.11. The molecule has 0 radical (unpaired) electrons. The quantitative estimate of drug-likeness (QED) is 0.615. The fourth-order valence-electron chi connectivity index (χ4n) is 2.92. The smallest absolute Gasteiger partial charge is 0.136 e. The normalized spacial score (nSPS) is 12.4. The van der Waals surface area contributed by atoms with Gasteiger partial charge in [-0.15, -0.1) is 0 Å². The van der Waals surface area contributed by atoms with Gasteiger partial charge < -0.3 is 5.73 Å². The summed E-state index contributed by atoms with van der Waals surface area (Å²) >= 11 is 0. The second-order valence-electron chi connectivity index (χ2n) is 5.66. The van der Waals surface area contributed by atoms with Gasteiger partial charge in [0.05, 0.1) is 17.1 Å². The van der Waals surface area contributed by atoms with Gasteiger partial charge in [0.2, 0.25) is 0 Å². The maximum absolute atomic E-state index is 13.2. The Morgan fingerprint density at radius 1 is 0.833 bits per heavy atom. The fourth-order valence-corrected chi connectivity index (χ4v) is 2.92. The van der Waals surface area contributed by atoms with Crippen molar-refractivity contribution in [3.8, 4) is 5.69 Å². The zero-order valence-corrected chi connectivity index (χ0v) is 12.9. The number of benzene rings is 3. The van der Waals surface area contributed by atoms with Crippen LogP contribution in [-0.4, -0.2) is 9.55 Å². The van der Waals surface area contributed by atoms with Crippen molar-refractivity contribution in [2.75, 3.05) is 0 Å². The third kappa shape index (κ3) is 2.47. The molecule has 0 bridgehead atoms. The number of hydrogen-bond donors (Lipinski definition) is 1. The van der Waals surface area contributed by atoms with Gasteiger partial charge in [0, 0.05) is 5.69 Å². The Kier molecular flexibility index (Phi) is 3.59. The average Bonchev–Trinajstić information content (AvgIpc) is 3.02. The number of hydrogen-bond acceptors (Lipinski definition) is 2. The van der Waals surface area contributed by atoms with Crippen molar-refractivity contribution in [3.63, 3.8) is 0 Å². The Balaban J connectivity index is 1.93. The molecule has 0 spiro atoms. The molecule has 2 N–H and O–H groups in total. The average molecular weight is 317 g/mol. The molecule has 1 heterocycles. The second-order valence-corrected chi connectivity index (χ2v) is 5.66. The summed E-state index contributed by atoms with van der Waals surface area (Å²) in [7, 11) is 0. The predicted molar refractivity (Wildman–Crippen MR) is 93.5 cm³/mol. The van der Waals surface area contributed by atoms with Crippen LogP contribution in [0.4, 0.5) is 4.39 Å². The first-order valence-electron chi connectivity index (χ1n) is 7.78.